The number of nitrogens with zero attached hydrogens (tertiary/aromatic N) is 4. The van der Waals surface area contributed by atoms with Gasteiger partial charge in [-0.25, -0.2) is 9.78 Å². The summed E-state index contributed by atoms with van der Waals surface area (Å²) >= 11 is 0. The molecule has 1 N–H and O–H groups in total. The predicted octanol–water partition coefficient (Wildman–Crippen LogP) is 1.36. The Morgan fingerprint density at radius 3 is 2.33 bits per heavy atom. The minimum Gasteiger partial charge on any atom is -0.324 e. The van der Waals surface area contributed by atoms with E-state index in [1.165, 1.54) is 9.13 Å². The summed E-state index contributed by atoms with van der Waals surface area (Å²) in [6.45, 7) is 4.91. The van der Waals surface area contributed by atoms with Crippen molar-refractivity contribution in [2.24, 2.45) is 0 Å². The third-order valence-electron chi connectivity index (χ3n) is 3.44. The molecule has 21 heavy (non-hydrogen) atoms. The van der Waals surface area contributed by atoms with Crippen LogP contribution in [0.15, 0.2) is 9.59 Å². The molecule has 2 aromatic rings. The molecule has 0 unspecified atom stereocenters. The van der Waals surface area contributed by atoms with Crippen molar-refractivity contribution in [3.8, 4) is 6.07 Å². The number of hydrogen-bond acceptors (Lipinski definition) is 4. The van der Waals surface area contributed by atoms with Crippen molar-refractivity contribution >= 4 is 11.2 Å². The molecule has 0 bridgehead atoms. The summed E-state index contributed by atoms with van der Waals surface area (Å²) in [4.78, 5) is 31.7. The fourth-order valence-corrected chi connectivity index (χ4v) is 2.25. The van der Waals surface area contributed by atoms with Gasteiger partial charge in [-0.1, -0.05) is 26.7 Å². The SMILES string of the molecule is CCCCn1c(=O)c2[nH]c(C#N)nc2n(CCCC)c1=O. The van der Waals surface area contributed by atoms with E-state index in [0.717, 1.165) is 25.7 Å². The molecule has 7 heteroatoms. The van der Waals surface area contributed by atoms with E-state index < -0.39 is 5.56 Å². The Labute approximate surface area is 121 Å². The molecule has 0 spiro atoms. The molecule has 0 saturated carbocycles. The van der Waals surface area contributed by atoms with Crippen LogP contribution < -0.4 is 11.2 Å². The number of aromatic amines is 1. The van der Waals surface area contributed by atoms with E-state index in [0.29, 0.717) is 13.1 Å². The van der Waals surface area contributed by atoms with Crippen LogP contribution in [0.2, 0.25) is 0 Å². The summed E-state index contributed by atoms with van der Waals surface area (Å²) in [5.41, 5.74) is -0.225. The number of H-pyrrole nitrogens is 1. The Kier molecular flexibility index (Phi) is 4.58. The fraction of sp³-hybridized carbons (Fsp3) is 0.571. The van der Waals surface area contributed by atoms with Gasteiger partial charge in [0.25, 0.3) is 5.56 Å². The highest BCUT2D eigenvalue weighted by molar-refractivity contribution is 5.70. The predicted molar refractivity (Wildman–Crippen MR) is 79.1 cm³/mol. The van der Waals surface area contributed by atoms with Gasteiger partial charge in [0.15, 0.2) is 11.2 Å². The van der Waals surface area contributed by atoms with Gasteiger partial charge in [0, 0.05) is 13.1 Å². The second-order valence-electron chi connectivity index (χ2n) is 4.99. The Morgan fingerprint density at radius 1 is 1.14 bits per heavy atom. The first-order chi connectivity index (χ1) is 10.1. The van der Waals surface area contributed by atoms with Crippen LogP contribution in [0.1, 0.15) is 45.4 Å². The maximum Gasteiger partial charge on any atom is 0.332 e. The van der Waals surface area contributed by atoms with E-state index >= 15 is 0 Å². The summed E-state index contributed by atoms with van der Waals surface area (Å²) in [7, 11) is 0. The number of rotatable bonds is 6. The number of nitrogens with one attached hydrogen (secondary N) is 1. The highest BCUT2D eigenvalue weighted by Gasteiger charge is 2.16. The molecule has 0 aliphatic carbocycles. The number of unbranched alkanes of at least 4 members (excludes halogenated alkanes) is 2. The van der Waals surface area contributed by atoms with Crippen molar-refractivity contribution in [2.45, 2.75) is 52.6 Å². The van der Waals surface area contributed by atoms with E-state index in [2.05, 4.69) is 9.97 Å². The van der Waals surface area contributed by atoms with Crippen molar-refractivity contribution < 1.29 is 0 Å². The van der Waals surface area contributed by atoms with Gasteiger partial charge in [0.1, 0.15) is 6.07 Å². The lowest BCUT2D eigenvalue weighted by Crippen LogP contribution is -2.40. The molecular formula is C14H19N5O2. The first kappa shape index (κ1) is 15.0. The first-order valence-electron chi connectivity index (χ1n) is 7.27. The van der Waals surface area contributed by atoms with Crippen LogP contribution in [0.3, 0.4) is 0 Å². The molecule has 2 aromatic heterocycles. The highest BCUT2D eigenvalue weighted by Crippen LogP contribution is 2.06. The van der Waals surface area contributed by atoms with Crippen molar-refractivity contribution in [2.75, 3.05) is 0 Å². The zero-order chi connectivity index (χ0) is 15.4. The Bertz CT molecular complexity index is 791. The zero-order valence-electron chi connectivity index (χ0n) is 12.3. The molecule has 7 nitrogen and oxygen atoms in total. The summed E-state index contributed by atoms with van der Waals surface area (Å²) in [5.74, 6) is 0.0555. The van der Waals surface area contributed by atoms with Crippen molar-refractivity contribution in [3.05, 3.63) is 26.7 Å². The average Bonchev–Trinajstić information content (AvgIpc) is 2.91. The van der Waals surface area contributed by atoms with Gasteiger partial charge < -0.3 is 4.98 Å². The summed E-state index contributed by atoms with van der Waals surface area (Å²) in [6.07, 6.45) is 3.40. The van der Waals surface area contributed by atoms with Crippen LogP contribution in [0.4, 0.5) is 0 Å². The molecule has 0 amide bonds. The molecule has 0 saturated heterocycles. The highest BCUT2D eigenvalue weighted by atomic mass is 16.2. The summed E-state index contributed by atoms with van der Waals surface area (Å²) in [6, 6.07) is 1.88. The molecule has 112 valence electrons. The number of aromatic nitrogens is 4. The standard InChI is InChI=1S/C14H19N5O2/c1-3-5-7-18-12-11(16-10(9-15)17-12)13(20)19(14(18)21)8-6-4-2/h3-8H2,1-2H3,(H,16,17). The summed E-state index contributed by atoms with van der Waals surface area (Å²) in [5, 5.41) is 8.94. The van der Waals surface area contributed by atoms with Gasteiger partial charge in [-0.05, 0) is 12.8 Å². The van der Waals surface area contributed by atoms with Gasteiger partial charge in [0.2, 0.25) is 5.82 Å². The van der Waals surface area contributed by atoms with Crippen LogP contribution in [0.25, 0.3) is 11.2 Å². The van der Waals surface area contributed by atoms with Crippen LogP contribution in [-0.2, 0) is 13.1 Å². The van der Waals surface area contributed by atoms with Crippen LogP contribution in [-0.4, -0.2) is 19.1 Å². The second kappa shape index (κ2) is 6.39. The normalized spacial score (nSPS) is 10.9. The topological polar surface area (TPSA) is 96.5 Å². The molecule has 2 heterocycles. The van der Waals surface area contributed by atoms with Gasteiger partial charge in [0.05, 0.1) is 0 Å². The zero-order valence-corrected chi connectivity index (χ0v) is 12.3. The maximum atomic E-state index is 12.5. The minimum absolute atomic E-state index is 0.0555. The number of aryl methyl sites for hydroxylation is 1. The largest absolute Gasteiger partial charge is 0.332 e. The number of nitriles is 1. The molecule has 0 aromatic carbocycles. The van der Waals surface area contributed by atoms with Crippen LogP contribution >= 0.6 is 0 Å². The van der Waals surface area contributed by atoms with E-state index in [4.69, 9.17) is 5.26 Å². The Balaban J connectivity index is 2.71. The lowest BCUT2D eigenvalue weighted by molar-refractivity contribution is 0.530. The smallest absolute Gasteiger partial charge is 0.324 e. The quantitative estimate of drug-likeness (QED) is 0.868. The van der Waals surface area contributed by atoms with E-state index in [-0.39, 0.29) is 22.7 Å². The molecule has 0 aliphatic heterocycles. The second-order valence-corrected chi connectivity index (χ2v) is 4.99. The van der Waals surface area contributed by atoms with Gasteiger partial charge >= 0.3 is 5.69 Å². The van der Waals surface area contributed by atoms with E-state index in [1.54, 1.807) is 0 Å². The molecule has 0 radical (unpaired) electrons. The van der Waals surface area contributed by atoms with Gasteiger partial charge in [-0.2, -0.15) is 5.26 Å². The third-order valence-corrected chi connectivity index (χ3v) is 3.44. The van der Waals surface area contributed by atoms with E-state index in [1.807, 2.05) is 19.9 Å². The van der Waals surface area contributed by atoms with Crippen molar-refractivity contribution in [3.63, 3.8) is 0 Å². The molecule has 0 atom stereocenters. The fourth-order valence-electron chi connectivity index (χ4n) is 2.25. The minimum atomic E-state index is -0.398. The Morgan fingerprint density at radius 2 is 1.76 bits per heavy atom. The molecular weight excluding hydrogens is 270 g/mol. The lowest BCUT2D eigenvalue weighted by atomic mass is 10.3. The summed E-state index contributed by atoms with van der Waals surface area (Å²) < 4.78 is 2.73. The Hall–Kier alpha value is -2.36. The van der Waals surface area contributed by atoms with Crippen LogP contribution in [0, 0.1) is 11.3 Å². The first-order valence-corrected chi connectivity index (χ1v) is 7.27. The monoisotopic (exact) mass is 289 g/mol. The van der Waals surface area contributed by atoms with Gasteiger partial charge in [-0.3, -0.25) is 13.9 Å². The van der Waals surface area contributed by atoms with Crippen molar-refractivity contribution in [1.82, 2.24) is 19.1 Å². The van der Waals surface area contributed by atoms with Gasteiger partial charge in [-0.15, -0.1) is 0 Å². The lowest BCUT2D eigenvalue weighted by Gasteiger charge is -2.10. The average molecular weight is 289 g/mol. The van der Waals surface area contributed by atoms with Crippen LogP contribution in [0.5, 0.6) is 0 Å². The van der Waals surface area contributed by atoms with Crippen molar-refractivity contribution in [1.29, 1.82) is 5.26 Å². The van der Waals surface area contributed by atoms with E-state index in [9.17, 15) is 9.59 Å². The molecule has 0 fully saturated rings. The third kappa shape index (κ3) is 2.75. The number of fused-ring (bicyclic) bond motifs is 1. The number of hydrogen-bond donors (Lipinski definition) is 1. The molecule has 0 aliphatic rings. The maximum absolute atomic E-state index is 12.5. The molecule has 2 rings (SSSR count). The number of imidazole rings is 1.